The summed E-state index contributed by atoms with van der Waals surface area (Å²) in [6.45, 7) is 0.290. The third kappa shape index (κ3) is 3.34. The molecule has 1 aliphatic carbocycles. The number of methoxy groups -OCH3 is 1. The maximum absolute atomic E-state index is 15.4. The predicted octanol–water partition coefficient (Wildman–Crippen LogP) is 2.97. The van der Waals surface area contributed by atoms with Crippen LogP contribution >= 0.6 is 0 Å². The number of ether oxygens (including phenoxy) is 1. The Balaban J connectivity index is 1.79. The maximum Gasteiger partial charge on any atom is 0.343 e. The summed E-state index contributed by atoms with van der Waals surface area (Å²) < 4.78 is 20.5. The molecule has 1 heterocycles. The van der Waals surface area contributed by atoms with E-state index >= 15 is 4.39 Å². The van der Waals surface area contributed by atoms with Crippen LogP contribution in [0, 0.1) is 17.2 Å². The Hall–Kier alpha value is -2.13. The molecule has 1 saturated heterocycles. The highest BCUT2D eigenvalue weighted by atomic mass is 19.1. The van der Waals surface area contributed by atoms with Crippen LogP contribution in [-0.4, -0.2) is 47.9 Å². The van der Waals surface area contributed by atoms with Crippen LogP contribution in [0.1, 0.15) is 37.2 Å². The zero-order valence-corrected chi connectivity index (χ0v) is 14.3. The highest BCUT2D eigenvalue weighted by molar-refractivity contribution is 5.80. The number of carboxylic acids is 1. The summed E-state index contributed by atoms with van der Waals surface area (Å²) in [6.07, 6.45) is 3.25. The first-order valence-corrected chi connectivity index (χ1v) is 8.68. The number of alkyl halides is 1. The lowest BCUT2D eigenvalue weighted by molar-refractivity contribution is -0.151. The Morgan fingerprint density at radius 2 is 1.96 bits per heavy atom. The summed E-state index contributed by atoms with van der Waals surface area (Å²) in [4.78, 5) is 13.7. The van der Waals surface area contributed by atoms with E-state index in [-0.39, 0.29) is 18.5 Å². The first kappa shape index (κ1) is 17.7. The van der Waals surface area contributed by atoms with Crippen LogP contribution in [0.4, 0.5) is 4.39 Å². The molecule has 0 spiro atoms. The second-order valence-corrected chi connectivity index (χ2v) is 7.06. The fraction of sp³-hybridized carbons (Fsp3) is 0.579. The molecule has 1 aromatic rings. The maximum atomic E-state index is 15.4. The number of hydrogen-bond donors (Lipinski definition) is 1. The normalized spacial score (nSPS) is 32.9. The van der Waals surface area contributed by atoms with Crippen molar-refractivity contribution in [2.75, 3.05) is 20.2 Å². The lowest BCUT2D eigenvalue weighted by atomic mass is 9.86. The Morgan fingerprint density at radius 1 is 1.32 bits per heavy atom. The average molecular weight is 346 g/mol. The molecule has 25 heavy (non-hydrogen) atoms. The molecule has 0 aromatic heterocycles. The van der Waals surface area contributed by atoms with Crippen LogP contribution in [-0.2, 0) is 4.79 Å². The SMILES string of the molecule is COc1ccc([C@@H]2CN([C@H]3CC[C@H](C#N)CC3)C[C@@]2(F)C(=O)O)cc1. The van der Waals surface area contributed by atoms with Gasteiger partial charge in [0.25, 0.3) is 0 Å². The van der Waals surface area contributed by atoms with Gasteiger partial charge in [-0.1, -0.05) is 12.1 Å². The van der Waals surface area contributed by atoms with E-state index < -0.39 is 17.6 Å². The van der Waals surface area contributed by atoms with Gasteiger partial charge in [-0.05, 0) is 43.4 Å². The Kier molecular flexibility index (Phi) is 4.96. The van der Waals surface area contributed by atoms with Crippen molar-refractivity contribution >= 4 is 5.97 Å². The van der Waals surface area contributed by atoms with Crippen LogP contribution in [0.5, 0.6) is 5.75 Å². The van der Waals surface area contributed by atoms with Crippen LogP contribution in [0.2, 0.25) is 0 Å². The minimum Gasteiger partial charge on any atom is -0.497 e. The Bertz CT molecular complexity index is 664. The molecule has 2 fully saturated rings. The number of hydrogen-bond acceptors (Lipinski definition) is 4. The quantitative estimate of drug-likeness (QED) is 0.907. The second-order valence-electron chi connectivity index (χ2n) is 7.06. The molecule has 134 valence electrons. The van der Waals surface area contributed by atoms with Gasteiger partial charge in [0.2, 0.25) is 5.67 Å². The van der Waals surface area contributed by atoms with Gasteiger partial charge in [0.1, 0.15) is 5.75 Å². The summed E-state index contributed by atoms with van der Waals surface area (Å²) >= 11 is 0. The van der Waals surface area contributed by atoms with Crippen molar-refractivity contribution in [3.63, 3.8) is 0 Å². The third-order valence-electron chi connectivity index (χ3n) is 5.67. The van der Waals surface area contributed by atoms with Crippen molar-refractivity contribution in [2.24, 2.45) is 5.92 Å². The zero-order chi connectivity index (χ0) is 18.0. The molecule has 5 nitrogen and oxygen atoms in total. The molecular weight excluding hydrogens is 323 g/mol. The predicted molar refractivity (Wildman–Crippen MR) is 90.1 cm³/mol. The van der Waals surface area contributed by atoms with E-state index in [9.17, 15) is 9.90 Å². The largest absolute Gasteiger partial charge is 0.497 e. The summed E-state index contributed by atoms with van der Waals surface area (Å²) in [5.41, 5.74) is -1.61. The fourth-order valence-corrected chi connectivity index (χ4v) is 4.12. The Labute approximate surface area is 147 Å². The smallest absolute Gasteiger partial charge is 0.343 e. The summed E-state index contributed by atoms with van der Waals surface area (Å²) in [5, 5.41) is 18.6. The minimum atomic E-state index is -2.29. The first-order chi connectivity index (χ1) is 12.0. The molecule has 3 rings (SSSR count). The van der Waals surface area contributed by atoms with Gasteiger partial charge in [0.15, 0.2) is 0 Å². The zero-order valence-electron chi connectivity index (χ0n) is 14.3. The molecule has 1 N–H and O–H groups in total. The van der Waals surface area contributed by atoms with Crippen molar-refractivity contribution in [3.05, 3.63) is 29.8 Å². The average Bonchev–Trinajstić information content (AvgIpc) is 3.01. The van der Waals surface area contributed by atoms with E-state index in [4.69, 9.17) is 10.00 Å². The number of carboxylic acid groups (broad SMARTS) is 1. The van der Waals surface area contributed by atoms with E-state index in [0.29, 0.717) is 17.9 Å². The second kappa shape index (κ2) is 7.01. The van der Waals surface area contributed by atoms with Crippen LogP contribution < -0.4 is 4.74 Å². The summed E-state index contributed by atoms with van der Waals surface area (Å²) in [7, 11) is 1.56. The van der Waals surface area contributed by atoms with Crippen molar-refractivity contribution < 1.29 is 19.0 Å². The van der Waals surface area contributed by atoms with Crippen molar-refractivity contribution in [3.8, 4) is 11.8 Å². The van der Waals surface area contributed by atoms with Gasteiger partial charge < -0.3 is 9.84 Å². The van der Waals surface area contributed by atoms with Gasteiger partial charge in [-0.15, -0.1) is 0 Å². The van der Waals surface area contributed by atoms with E-state index in [1.54, 1.807) is 31.4 Å². The minimum absolute atomic E-state index is 0.0749. The number of carbonyl (C=O) groups is 1. The van der Waals surface area contributed by atoms with Crippen molar-refractivity contribution in [1.82, 2.24) is 4.90 Å². The molecule has 0 bridgehead atoms. The number of nitriles is 1. The number of benzene rings is 1. The number of nitrogens with zero attached hydrogens (tertiary/aromatic N) is 2. The summed E-state index contributed by atoms with van der Waals surface area (Å²) in [5.74, 6) is -1.37. The van der Waals surface area contributed by atoms with Gasteiger partial charge in [0, 0.05) is 31.0 Å². The molecular formula is C19H23FN2O3. The highest BCUT2D eigenvalue weighted by Gasteiger charge is 2.55. The highest BCUT2D eigenvalue weighted by Crippen LogP contribution is 2.42. The lowest BCUT2D eigenvalue weighted by Gasteiger charge is -2.32. The number of aliphatic carboxylic acids is 1. The van der Waals surface area contributed by atoms with E-state index in [1.807, 2.05) is 4.90 Å². The van der Waals surface area contributed by atoms with Gasteiger partial charge >= 0.3 is 5.97 Å². The van der Waals surface area contributed by atoms with Crippen LogP contribution in [0.15, 0.2) is 24.3 Å². The number of halogens is 1. The molecule has 6 heteroatoms. The topological polar surface area (TPSA) is 73.6 Å². The first-order valence-electron chi connectivity index (χ1n) is 8.68. The van der Waals surface area contributed by atoms with Gasteiger partial charge in [0.05, 0.1) is 13.2 Å². The molecule has 0 radical (unpaired) electrons. The van der Waals surface area contributed by atoms with Crippen LogP contribution in [0.25, 0.3) is 0 Å². The molecule has 1 aromatic carbocycles. The number of rotatable bonds is 4. The molecule has 1 saturated carbocycles. The summed E-state index contributed by atoms with van der Waals surface area (Å²) in [6, 6.07) is 9.41. The lowest BCUT2D eigenvalue weighted by Crippen LogP contribution is -2.43. The van der Waals surface area contributed by atoms with Crippen molar-refractivity contribution in [1.29, 1.82) is 5.26 Å². The molecule has 2 aliphatic rings. The molecule has 0 unspecified atom stereocenters. The molecule has 2 atom stereocenters. The molecule has 0 amide bonds. The number of likely N-dealkylation sites (tertiary alicyclic amines) is 1. The monoisotopic (exact) mass is 346 g/mol. The molecule has 1 aliphatic heterocycles. The van der Waals surface area contributed by atoms with E-state index in [1.165, 1.54) is 0 Å². The fourth-order valence-electron chi connectivity index (χ4n) is 4.12. The van der Waals surface area contributed by atoms with E-state index in [2.05, 4.69) is 6.07 Å². The van der Waals surface area contributed by atoms with Gasteiger partial charge in [-0.2, -0.15) is 5.26 Å². The van der Waals surface area contributed by atoms with Crippen LogP contribution in [0.3, 0.4) is 0 Å². The van der Waals surface area contributed by atoms with Crippen molar-refractivity contribution in [2.45, 2.75) is 43.3 Å². The van der Waals surface area contributed by atoms with Gasteiger partial charge in [-0.3, -0.25) is 4.90 Å². The van der Waals surface area contributed by atoms with Gasteiger partial charge in [-0.25, -0.2) is 9.18 Å². The third-order valence-corrected chi connectivity index (χ3v) is 5.67. The van der Waals surface area contributed by atoms with E-state index in [0.717, 1.165) is 25.7 Å². The Morgan fingerprint density at radius 3 is 2.48 bits per heavy atom. The standard InChI is InChI=1S/C19H23FN2O3/c1-25-16-8-4-14(5-9-16)17-11-22(12-19(17,20)18(23)24)15-6-2-13(10-21)3-7-15/h4-5,8-9,13,15,17H,2-3,6-7,11-12H2,1H3,(H,23,24)/t13-,15-,17-,19-/m0/s1.